The second kappa shape index (κ2) is 6.34. The molecule has 2 N–H and O–H groups in total. The Balaban J connectivity index is 2.06. The first-order chi connectivity index (χ1) is 8.76. The number of aliphatic hydroxyl groups is 1. The predicted molar refractivity (Wildman–Crippen MR) is 74.2 cm³/mol. The summed E-state index contributed by atoms with van der Waals surface area (Å²) < 4.78 is 0. The normalized spacial score (nSPS) is 16.1. The van der Waals surface area contributed by atoms with E-state index in [4.69, 9.17) is 5.11 Å². The molecule has 1 aromatic rings. The molecule has 100 valence electrons. The highest BCUT2D eigenvalue weighted by molar-refractivity contribution is 7.10. The van der Waals surface area contributed by atoms with Gasteiger partial charge >= 0.3 is 0 Å². The number of rotatable bonds is 5. The molecule has 0 saturated carbocycles. The molecule has 1 aromatic heterocycles. The van der Waals surface area contributed by atoms with Crippen molar-refractivity contribution < 1.29 is 9.90 Å². The van der Waals surface area contributed by atoms with E-state index < -0.39 is 0 Å². The van der Waals surface area contributed by atoms with Gasteiger partial charge in [0.2, 0.25) is 0 Å². The Labute approximate surface area is 112 Å². The highest BCUT2D eigenvalue weighted by Crippen LogP contribution is 2.30. The lowest BCUT2D eigenvalue weighted by Gasteiger charge is -2.17. The van der Waals surface area contributed by atoms with Gasteiger partial charge in [0.05, 0.1) is 5.56 Å². The lowest BCUT2D eigenvalue weighted by molar-refractivity contribution is 0.0928. The maximum atomic E-state index is 12.2. The van der Waals surface area contributed by atoms with Crippen LogP contribution in [0.5, 0.6) is 0 Å². The summed E-state index contributed by atoms with van der Waals surface area (Å²) in [5.41, 5.74) is 2.13. The lowest BCUT2D eigenvalue weighted by atomic mass is 9.95. The van der Waals surface area contributed by atoms with E-state index in [0.29, 0.717) is 6.42 Å². The largest absolute Gasteiger partial charge is 0.396 e. The molecule has 1 aliphatic rings. The smallest absolute Gasteiger partial charge is 0.252 e. The Bertz CT molecular complexity index is 414. The molecule has 1 amide bonds. The van der Waals surface area contributed by atoms with Crippen molar-refractivity contribution in [1.82, 2.24) is 5.32 Å². The summed E-state index contributed by atoms with van der Waals surface area (Å²) in [6, 6.07) is 0.0849. The third kappa shape index (κ3) is 2.93. The monoisotopic (exact) mass is 267 g/mol. The van der Waals surface area contributed by atoms with Crippen LogP contribution in [-0.2, 0) is 12.8 Å². The first-order valence-corrected chi connectivity index (χ1v) is 7.65. The van der Waals surface area contributed by atoms with Crippen LogP contribution in [-0.4, -0.2) is 23.7 Å². The van der Waals surface area contributed by atoms with Gasteiger partial charge in [-0.2, -0.15) is 0 Å². The summed E-state index contributed by atoms with van der Waals surface area (Å²) in [5, 5.41) is 14.0. The minimum Gasteiger partial charge on any atom is -0.396 e. The highest BCUT2D eigenvalue weighted by atomic mass is 32.1. The van der Waals surface area contributed by atoms with E-state index >= 15 is 0 Å². The SMILES string of the molecule is CCC(CCO)NC(=O)c1csc2c1CCCC2. The summed E-state index contributed by atoms with van der Waals surface area (Å²) in [5.74, 6) is 0.0368. The second-order valence-electron chi connectivity index (χ2n) is 4.85. The Morgan fingerprint density at radius 2 is 2.28 bits per heavy atom. The van der Waals surface area contributed by atoms with Gasteiger partial charge in [-0.05, 0) is 44.1 Å². The molecule has 18 heavy (non-hydrogen) atoms. The average molecular weight is 267 g/mol. The van der Waals surface area contributed by atoms with Crippen molar-refractivity contribution >= 4 is 17.2 Å². The van der Waals surface area contributed by atoms with E-state index in [1.807, 2.05) is 12.3 Å². The van der Waals surface area contributed by atoms with E-state index in [0.717, 1.165) is 24.8 Å². The minimum atomic E-state index is 0.0368. The summed E-state index contributed by atoms with van der Waals surface area (Å²) in [6.45, 7) is 2.16. The number of aliphatic hydroxyl groups excluding tert-OH is 1. The van der Waals surface area contributed by atoms with Gasteiger partial charge in [-0.15, -0.1) is 11.3 Å². The van der Waals surface area contributed by atoms with Gasteiger partial charge in [0.15, 0.2) is 0 Å². The first-order valence-electron chi connectivity index (χ1n) is 6.77. The van der Waals surface area contributed by atoms with Crippen molar-refractivity contribution in [1.29, 1.82) is 0 Å². The second-order valence-corrected chi connectivity index (χ2v) is 5.81. The van der Waals surface area contributed by atoms with Crippen LogP contribution in [0.3, 0.4) is 0 Å². The Morgan fingerprint density at radius 3 is 3.00 bits per heavy atom. The molecule has 0 fully saturated rings. The van der Waals surface area contributed by atoms with E-state index in [9.17, 15) is 4.79 Å². The predicted octanol–water partition coefficient (Wildman–Crippen LogP) is 2.52. The molecule has 0 bridgehead atoms. The van der Waals surface area contributed by atoms with Gasteiger partial charge in [0.1, 0.15) is 0 Å². The fourth-order valence-electron chi connectivity index (χ4n) is 2.48. The molecule has 0 aliphatic heterocycles. The third-order valence-electron chi connectivity index (χ3n) is 3.61. The first kappa shape index (κ1) is 13.6. The fraction of sp³-hybridized carbons (Fsp3) is 0.643. The van der Waals surface area contributed by atoms with Gasteiger partial charge in [0, 0.05) is 22.9 Å². The number of hydrogen-bond donors (Lipinski definition) is 2. The van der Waals surface area contributed by atoms with Gasteiger partial charge in [-0.3, -0.25) is 4.79 Å². The quantitative estimate of drug-likeness (QED) is 0.861. The molecule has 0 saturated heterocycles. The van der Waals surface area contributed by atoms with Crippen LogP contribution in [0.1, 0.15) is 53.4 Å². The highest BCUT2D eigenvalue weighted by Gasteiger charge is 2.21. The number of carbonyl (C=O) groups is 1. The molecule has 0 spiro atoms. The number of hydrogen-bond acceptors (Lipinski definition) is 3. The van der Waals surface area contributed by atoms with Crippen molar-refractivity contribution in [2.24, 2.45) is 0 Å². The van der Waals surface area contributed by atoms with Gasteiger partial charge in [0.25, 0.3) is 5.91 Å². The Hall–Kier alpha value is -0.870. The standard InChI is InChI=1S/C14H21NO2S/c1-2-10(7-8-16)15-14(17)12-9-18-13-6-4-3-5-11(12)13/h9-10,16H,2-8H2,1H3,(H,15,17). The van der Waals surface area contributed by atoms with Gasteiger partial charge in [-0.1, -0.05) is 6.92 Å². The zero-order chi connectivity index (χ0) is 13.0. The summed E-state index contributed by atoms with van der Waals surface area (Å²) >= 11 is 1.72. The number of fused-ring (bicyclic) bond motifs is 1. The van der Waals surface area contributed by atoms with Crippen LogP contribution in [0.15, 0.2) is 5.38 Å². The summed E-state index contributed by atoms with van der Waals surface area (Å²) in [7, 11) is 0. The zero-order valence-corrected chi connectivity index (χ0v) is 11.7. The van der Waals surface area contributed by atoms with Crippen molar-refractivity contribution in [3.8, 4) is 0 Å². The lowest BCUT2D eigenvalue weighted by Crippen LogP contribution is -2.35. The van der Waals surface area contributed by atoms with Crippen molar-refractivity contribution in [3.63, 3.8) is 0 Å². The van der Waals surface area contributed by atoms with Crippen LogP contribution in [0.2, 0.25) is 0 Å². The maximum Gasteiger partial charge on any atom is 0.252 e. The van der Waals surface area contributed by atoms with E-state index in [2.05, 4.69) is 5.32 Å². The Kier molecular flexibility index (Phi) is 4.78. The molecule has 3 nitrogen and oxygen atoms in total. The van der Waals surface area contributed by atoms with Gasteiger partial charge < -0.3 is 10.4 Å². The molecule has 1 aliphatic carbocycles. The molecule has 4 heteroatoms. The summed E-state index contributed by atoms with van der Waals surface area (Å²) in [6.07, 6.45) is 6.10. The van der Waals surface area contributed by atoms with Crippen LogP contribution in [0.4, 0.5) is 0 Å². The maximum absolute atomic E-state index is 12.2. The molecule has 0 radical (unpaired) electrons. The van der Waals surface area contributed by atoms with Crippen LogP contribution < -0.4 is 5.32 Å². The number of nitrogens with one attached hydrogen (secondary N) is 1. The van der Waals surface area contributed by atoms with E-state index in [1.54, 1.807) is 11.3 Å². The topological polar surface area (TPSA) is 49.3 Å². The van der Waals surface area contributed by atoms with E-state index in [-0.39, 0.29) is 18.6 Å². The summed E-state index contributed by atoms with van der Waals surface area (Å²) in [4.78, 5) is 13.6. The van der Waals surface area contributed by atoms with Crippen molar-refractivity contribution in [3.05, 3.63) is 21.4 Å². The molecule has 1 unspecified atom stereocenters. The van der Waals surface area contributed by atoms with E-state index in [1.165, 1.54) is 23.3 Å². The molecular formula is C14H21NO2S. The number of aryl methyl sites for hydroxylation is 1. The number of thiophene rings is 1. The molecular weight excluding hydrogens is 246 g/mol. The van der Waals surface area contributed by atoms with Gasteiger partial charge in [-0.25, -0.2) is 0 Å². The zero-order valence-electron chi connectivity index (χ0n) is 10.9. The van der Waals surface area contributed by atoms with Crippen LogP contribution in [0.25, 0.3) is 0 Å². The number of amides is 1. The minimum absolute atomic E-state index is 0.0368. The molecule has 1 atom stereocenters. The molecule has 1 heterocycles. The molecule has 0 aromatic carbocycles. The fourth-order valence-corrected chi connectivity index (χ4v) is 3.61. The van der Waals surface area contributed by atoms with Crippen LogP contribution in [0, 0.1) is 0 Å². The van der Waals surface area contributed by atoms with Crippen LogP contribution >= 0.6 is 11.3 Å². The van der Waals surface area contributed by atoms with Crippen molar-refractivity contribution in [2.75, 3.05) is 6.61 Å². The third-order valence-corrected chi connectivity index (χ3v) is 4.70. The Morgan fingerprint density at radius 1 is 1.50 bits per heavy atom. The molecule has 2 rings (SSSR count). The number of carbonyl (C=O) groups excluding carboxylic acids is 1. The average Bonchev–Trinajstić information content (AvgIpc) is 2.82. The van der Waals surface area contributed by atoms with Crippen molar-refractivity contribution in [2.45, 2.75) is 51.5 Å².